The lowest BCUT2D eigenvalue weighted by Gasteiger charge is -2.15. The zero-order valence-corrected chi connectivity index (χ0v) is 8.69. The summed E-state index contributed by atoms with van der Waals surface area (Å²) in [7, 11) is 0. The zero-order valence-electron chi connectivity index (χ0n) is 8.69. The molecule has 0 bridgehead atoms. The van der Waals surface area contributed by atoms with Gasteiger partial charge in [0.25, 0.3) is 0 Å². The normalized spacial score (nSPS) is 12.7. The number of hydrogen-bond donors (Lipinski definition) is 1. The molecular formula is C11H11F2N3. The molecule has 1 heterocycles. The Morgan fingerprint density at radius 1 is 1.31 bits per heavy atom. The first-order valence-corrected chi connectivity index (χ1v) is 4.83. The number of nitrogen functional groups attached to an aromatic ring is 1. The first-order chi connectivity index (χ1) is 7.59. The van der Waals surface area contributed by atoms with Gasteiger partial charge in [-0.2, -0.15) is 5.10 Å². The number of anilines is 1. The predicted molar refractivity (Wildman–Crippen MR) is 56.8 cm³/mol. The Morgan fingerprint density at radius 2 is 2.06 bits per heavy atom. The highest BCUT2D eigenvalue weighted by Crippen LogP contribution is 2.23. The molecule has 0 spiro atoms. The number of benzene rings is 1. The molecule has 0 aliphatic carbocycles. The standard InChI is InChI=1S/C11H11F2N3/c1-7(16-11(14)4-5-15-16)9-3-2-8(12)6-10(9)13/h2-7H,14H2,1H3. The Kier molecular flexibility index (Phi) is 2.60. The van der Waals surface area contributed by atoms with Gasteiger partial charge in [0, 0.05) is 11.6 Å². The number of aromatic nitrogens is 2. The van der Waals surface area contributed by atoms with Gasteiger partial charge in [0.05, 0.1) is 12.2 Å². The third-order valence-electron chi connectivity index (χ3n) is 2.48. The van der Waals surface area contributed by atoms with Gasteiger partial charge in [0.2, 0.25) is 0 Å². The topological polar surface area (TPSA) is 43.8 Å². The average Bonchev–Trinajstić information content (AvgIpc) is 2.63. The van der Waals surface area contributed by atoms with E-state index in [-0.39, 0.29) is 6.04 Å². The molecule has 1 unspecified atom stereocenters. The van der Waals surface area contributed by atoms with Crippen LogP contribution < -0.4 is 5.73 Å². The molecule has 0 aliphatic rings. The van der Waals surface area contributed by atoms with Crippen LogP contribution in [-0.4, -0.2) is 9.78 Å². The van der Waals surface area contributed by atoms with Gasteiger partial charge in [0.15, 0.2) is 0 Å². The number of hydrogen-bond acceptors (Lipinski definition) is 2. The second-order valence-corrected chi connectivity index (χ2v) is 3.54. The SMILES string of the molecule is CC(c1ccc(F)cc1F)n1nccc1N. The summed E-state index contributed by atoms with van der Waals surface area (Å²) < 4.78 is 27.7. The molecule has 0 radical (unpaired) electrons. The summed E-state index contributed by atoms with van der Waals surface area (Å²) in [6, 6.07) is 4.73. The summed E-state index contributed by atoms with van der Waals surface area (Å²) in [5, 5.41) is 3.99. The van der Waals surface area contributed by atoms with Crippen molar-refractivity contribution in [3.8, 4) is 0 Å². The second kappa shape index (κ2) is 3.92. The van der Waals surface area contributed by atoms with Crippen molar-refractivity contribution >= 4 is 5.82 Å². The molecule has 0 aliphatic heterocycles. The molecule has 3 nitrogen and oxygen atoms in total. The molecular weight excluding hydrogens is 212 g/mol. The molecule has 2 aromatic rings. The lowest BCUT2D eigenvalue weighted by Crippen LogP contribution is -2.12. The maximum absolute atomic E-state index is 13.5. The van der Waals surface area contributed by atoms with Crippen LogP contribution in [0.5, 0.6) is 0 Å². The van der Waals surface area contributed by atoms with E-state index in [9.17, 15) is 8.78 Å². The molecule has 1 aromatic carbocycles. The molecule has 1 atom stereocenters. The highest BCUT2D eigenvalue weighted by molar-refractivity contribution is 5.30. The van der Waals surface area contributed by atoms with Crippen LogP contribution in [0.1, 0.15) is 18.5 Å². The Morgan fingerprint density at radius 3 is 2.62 bits per heavy atom. The van der Waals surface area contributed by atoms with Crippen molar-refractivity contribution in [1.29, 1.82) is 0 Å². The highest BCUT2D eigenvalue weighted by atomic mass is 19.1. The minimum atomic E-state index is -0.595. The van der Waals surface area contributed by atoms with E-state index in [2.05, 4.69) is 5.10 Å². The van der Waals surface area contributed by atoms with Crippen molar-refractivity contribution in [2.75, 3.05) is 5.73 Å². The van der Waals surface area contributed by atoms with Crippen LogP contribution in [-0.2, 0) is 0 Å². The van der Waals surface area contributed by atoms with E-state index >= 15 is 0 Å². The summed E-state index contributed by atoms with van der Waals surface area (Å²) in [4.78, 5) is 0. The van der Waals surface area contributed by atoms with Crippen LogP contribution in [0.3, 0.4) is 0 Å². The molecule has 84 valence electrons. The van der Waals surface area contributed by atoms with Crippen molar-refractivity contribution in [1.82, 2.24) is 9.78 Å². The van der Waals surface area contributed by atoms with Crippen molar-refractivity contribution < 1.29 is 8.78 Å². The zero-order chi connectivity index (χ0) is 11.7. The molecule has 0 saturated heterocycles. The van der Waals surface area contributed by atoms with Gasteiger partial charge < -0.3 is 5.73 Å². The fraction of sp³-hybridized carbons (Fsp3) is 0.182. The third-order valence-corrected chi connectivity index (χ3v) is 2.48. The Bertz CT molecular complexity index is 508. The summed E-state index contributed by atoms with van der Waals surface area (Å²) in [5.41, 5.74) is 6.02. The quantitative estimate of drug-likeness (QED) is 0.849. The van der Waals surface area contributed by atoms with Crippen molar-refractivity contribution in [2.45, 2.75) is 13.0 Å². The van der Waals surface area contributed by atoms with Crippen LogP contribution >= 0.6 is 0 Å². The molecule has 16 heavy (non-hydrogen) atoms. The molecule has 2 N–H and O–H groups in total. The fourth-order valence-electron chi connectivity index (χ4n) is 1.62. The van der Waals surface area contributed by atoms with Gasteiger partial charge in [-0.15, -0.1) is 0 Å². The number of nitrogens with zero attached hydrogens (tertiary/aromatic N) is 2. The van der Waals surface area contributed by atoms with Gasteiger partial charge in [-0.05, 0) is 19.1 Å². The van der Waals surface area contributed by atoms with E-state index in [1.165, 1.54) is 23.0 Å². The van der Waals surface area contributed by atoms with E-state index in [1.54, 1.807) is 13.0 Å². The van der Waals surface area contributed by atoms with Crippen molar-refractivity contribution in [3.05, 3.63) is 47.7 Å². The Balaban J connectivity index is 2.41. The maximum Gasteiger partial charge on any atom is 0.131 e. The number of nitrogens with two attached hydrogens (primary N) is 1. The van der Waals surface area contributed by atoms with Crippen molar-refractivity contribution in [2.24, 2.45) is 0 Å². The monoisotopic (exact) mass is 223 g/mol. The highest BCUT2D eigenvalue weighted by Gasteiger charge is 2.15. The molecule has 1 aromatic heterocycles. The minimum Gasteiger partial charge on any atom is -0.384 e. The molecule has 0 amide bonds. The first-order valence-electron chi connectivity index (χ1n) is 4.83. The second-order valence-electron chi connectivity index (χ2n) is 3.54. The van der Waals surface area contributed by atoms with Crippen LogP contribution in [0, 0.1) is 11.6 Å². The van der Waals surface area contributed by atoms with Crippen LogP contribution in [0.4, 0.5) is 14.6 Å². The van der Waals surface area contributed by atoms with Crippen LogP contribution in [0.25, 0.3) is 0 Å². The number of halogens is 2. The average molecular weight is 223 g/mol. The Hall–Kier alpha value is -1.91. The van der Waals surface area contributed by atoms with Gasteiger partial charge in [-0.25, -0.2) is 13.5 Å². The lowest BCUT2D eigenvalue weighted by molar-refractivity contribution is 0.516. The van der Waals surface area contributed by atoms with Crippen molar-refractivity contribution in [3.63, 3.8) is 0 Å². The molecule has 0 fully saturated rings. The van der Waals surface area contributed by atoms with E-state index in [0.29, 0.717) is 11.4 Å². The minimum absolute atomic E-state index is 0.358. The van der Waals surface area contributed by atoms with E-state index in [0.717, 1.165) is 6.07 Å². The van der Waals surface area contributed by atoms with Gasteiger partial charge in [-0.3, -0.25) is 0 Å². The smallest absolute Gasteiger partial charge is 0.131 e. The molecule has 2 rings (SSSR count). The van der Waals surface area contributed by atoms with Gasteiger partial charge >= 0.3 is 0 Å². The summed E-state index contributed by atoms with van der Waals surface area (Å²) in [6.45, 7) is 1.75. The fourth-order valence-corrected chi connectivity index (χ4v) is 1.62. The Labute approximate surface area is 91.5 Å². The van der Waals surface area contributed by atoms with Gasteiger partial charge in [0.1, 0.15) is 17.5 Å². The third kappa shape index (κ3) is 1.76. The molecule has 0 saturated carbocycles. The summed E-state index contributed by atoms with van der Waals surface area (Å²) in [5.74, 6) is -0.750. The van der Waals surface area contributed by atoms with Gasteiger partial charge in [-0.1, -0.05) is 6.07 Å². The maximum atomic E-state index is 13.5. The van der Waals surface area contributed by atoms with E-state index < -0.39 is 11.6 Å². The van der Waals surface area contributed by atoms with Crippen LogP contribution in [0.15, 0.2) is 30.5 Å². The number of rotatable bonds is 2. The first kappa shape index (κ1) is 10.6. The molecule has 5 heteroatoms. The predicted octanol–water partition coefficient (Wildman–Crippen LogP) is 2.35. The van der Waals surface area contributed by atoms with E-state index in [4.69, 9.17) is 5.73 Å². The lowest BCUT2D eigenvalue weighted by atomic mass is 10.1. The van der Waals surface area contributed by atoms with E-state index in [1.807, 2.05) is 0 Å². The summed E-state index contributed by atoms with van der Waals surface area (Å²) >= 11 is 0. The summed E-state index contributed by atoms with van der Waals surface area (Å²) in [6.07, 6.45) is 1.53. The van der Waals surface area contributed by atoms with Crippen LogP contribution in [0.2, 0.25) is 0 Å². The largest absolute Gasteiger partial charge is 0.384 e.